The Kier molecular flexibility index (Phi) is 3.80. The fourth-order valence-electron chi connectivity index (χ4n) is 2.31. The van der Waals surface area contributed by atoms with Crippen molar-refractivity contribution >= 4 is 38.9 Å². The number of fused-ring (bicyclic) bond motifs is 1. The molecule has 0 fully saturated rings. The molecule has 1 amide bonds. The van der Waals surface area contributed by atoms with Crippen molar-refractivity contribution in [2.45, 2.75) is 12.2 Å². The van der Waals surface area contributed by atoms with E-state index in [2.05, 4.69) is 10.0 Å². The van der Waals surface area contributed by atoms with Gasteiger partial charge in [0.2, 0.25) is 15.9 Å². The summed E-state index contributed by atoms with van der Waals surface area (Å²) in [5.74, 6) is -0.227. The van der Waals surface area contributed by atoms with Crippen LogP contribution in [-0.2, 0) is 27.0 Å². The Morgan fingerprint density at radius 2 is 1.86 bits per heavy atom. The van der Waals surface area contributed by atoms with Gasteiger partial charge in [-0.1, -0.05) is 23.7 Å². The van der Waals surface area contributed by atoms with Crippen LogP contribution >= 0.6 is 11.6 Å². The van der Waals surface area contributed by atoms with Gasteiger partial charge in [0.25, 0.3) is 0 Å². The first kappa shape index (κ1) is 14.9. The van der Waals surface area contributed by atoms with Crippen LogP contribution in [0.15, 0.2) is 42.5 Å². The lowest BCUT2D eigenvalue weighted by atomic mass is 10.1. The fourth-order valence-corrected chi connectivity index (χ4v) is 3.62. The van der Waals surface area contributed by atoms with Crippen LogP contribution in [0.1, 0.15) is 11.1 Å². The molecule has 1 aliphatic heterocycles. The molecule has 0 atom stereocenters. The SMILES string of the molecule is O=C1Cc2cc(NS(=O)(=O)Cc3ccc(Cl)cc3)ccc2N1. The number of anilines is 2. The van der Waals surface area contributed by atoms with Gasteiger partial charge in [-0.15, -0.1) is 0 Å². The number of halogens is 1. The maximum atomic E-state index is 12.2. The summed E-state index contributed by atoms with van der Waals surface area (Å²) < 4.78 is 26.9. The molecule has 0 bridgehead atoms. The number of sulfonamides is 1. The molecule has 2 aromatic carbocycles. The Labute approximate surface area is 133 Å². The van der Waals surface area contributed by atoms with Gasteiger partial charge in [0.1, 0.15) is 0 Å². The molecule has 5 nitrogen and oxygen atoms in total. The summed E-state index contributed by atoms with van der Waals surface area (Å²) in [7, 11) is -3.53. The average molecular weight is 337 g/mol. The topological polar surface area (TPSA) is 75.3 Å². The van der Waals surface area contributed by atoms with Crippen LogP contribution in [0.2, 0.25) is 5.02 Å². The summed E-state index contributed by atoms with van der Waals surface area (Å²) in [5, 5.41) is 3.26. The van der Waals surface area contributed by atoms with Crippen LogP contribution in [0.3, 0.4) is 0 Å². The van der Waals surface area contributed by atoms with E-state index in [0.29, 0.717) is 16.3 Å². The predicted molar refractivity (Wildman–Crippen MR) is 86.5 cm³/mol. The smallest absolute Gasteiger partial charge is 0.236 e. The molecule has 114 valence electrons. The van der Waals surface area contributed by atoms with Crippen LogP contribution < -0.4 is 10.0 Å². The van der Waals surface area contributed by atoms with E-state index in [4.69, 9.17) is 11.6 Å². The molecule has 22 heavy (non-hydrogen) atoms. The molecule has 7 heteroatoms. The Hall–Kier alpha value is -2.05. The summed E-state index contributed by atoms with van der Waals surface area (Å²) in [4.78, 5) is 11.3. The number of hydrogen-bond acceptors (Lipinski definition) is 3. The minimum Gasteiger partial charge on any atom is -0.326 e. The van der Waals surface area contributed by atoms with Crippen molar-refractivity contribution in [3.8, 4) is 0 Å². The number of carbonyl (C=O) groups excluding carboxylic acids is 1. The number of benzene rings is 2. The predicted octanol–water partition coefficient (Wildman–Crippen LogP) is 2.78. The third-order valence-corrected chi connectivity index (χ3v) is 4.79. The number of carbonyl (C=O) groups is 1. The van der Waals surface area contributed by atoms with Gasteiger partial charge in [-0.25, -0.2) is 8.42 Å². The van der Waals surface area contributed by atoms with Crippen molar-refractivity contribution in [2.24, 2.45) is 0 Å². The summed E-state index contributed by atoms with van der Waals surface area (Å²) in [6.45, 7) is 0. The normalized spacial score (nSPS) is 13.6. The van der Waals surface area contributed by atoms with Crippen LogP contribution in [0.4, 0.5) is 11.4 Å². The van der Waals surface area contributed by atoms with Crippen LogP contribution in [0, 0.1) is 0 Å². The van der Waals surface area contributed by atoms with Crippen molar-refractivity contribution in [3.05, 3.63) is 58.6 Å². The van der Waals surface area contributed by atoms with E-state index in [9.17, 15) is 13.2 Å². The summed E-state index contributed by atoms with van der Waals surface area (Å²) >= 11 is 5.78. The van der Waals surface area contributed by atoms with Gasteiger partial charge in [0.05, 0.1) is 12.2 Å². The molecule has 0 unspecified atom stereocenters. The molecule has 2 N–H and O–H groups in total. The maximum absolute atomic E-state index is 12.2. The molecule has 0 aliphatic carbocycles. The number of hydrogen-bond donors (Lipinski definition) is 2. The molecule has 0 radical (unpaired) electrons. The zero-order valence-corrected chi connectivity index (χ0v) is 13.0. The standard InChI is InChI=1S/C15H13ClN2O3S/c16-12-3-1-10(2-4-12)9-22(20,21)18-13-5-6-14-11(7-13)8-15(19)17-14/h1-7,18H,8-9H2,(H,17,19). The minimum absolute atomic E-state index is 0.0869. The zero-order chi connectivity index (χ0) is 15.7. The van der Waals surface area contributed by atoms with Gasteiger partial charge >= 0.3 is 0 Å². The fraction of sp³-hybridized carbons (Fsp3) is 0.133. The lowest BCUT2D eigenvalue weighted by molar-refractivity contribution is -0.115. The molecule has 0 aromatic heterocycles. The van der Waals surface area contributed by atoms with E-state index in [1.165, 1.54) is 0 Å². The Bertz CT molecular complexity index is 832. The zero-order valence-electron chi connectivity index (χ0n) is 11.5. The molecule has 0 spiro atoms. The molecule has 2 aromatic rings. The molecule has 1 aliphatic rings. The largest absolute Gasteiger partial charge is 0.326 e. The summed E-state index contributed by atoms with van der Waals surface area (Å²) in [5.41, 5.74) is 2.61. The average Bonchev–Trinajstić information content (AvgIpc) is 2.80. The molecular formula is C15H13ClN2O3S. The maximum Gasteiger partial charge on any atom is 0.236 e. The van der Waals surface area contributed by atoms with E-state index in [0.717, 1.165) is 11.3 Å². The van der Waals surface area contributed by atoms with Gasteiger partial charge in [0, 0.05) is 16.4 Å². The highest BCUT2D eigenvalue weighted by Gasteiger charge is 2.19. The number of amides is 1. The van der Waals surface area contributed by atoms with Crippen molar-refractivity contribution in [1.29, 1.82) is 0 Å². The second-order valence-corrected chi connectivity index (χ2v) is 7.24. The van der Waals surface area contributed by atoms with Crippen molar-refractivity contribution in [3.63, 3.8) is 0 Å². The van der Waals surface area contributed by atoms with Crippen LogP contribution in [0.25, 0.3) is 0 Å². The summed E-state index contributed by atoms with van der Waals surface area (Å²) in [6, 6.07) is 11.6. The van der Waals surface area contributed by atoms with E-state index in [-0.39, 0.29) is 18.1 Å². The molecule has 0 saturated carbocycles. The second kappa shape index (κ2) is 5.62. The van der Waals surface area contributed by atoms with E-state index >= 15 is 0 Å². The number of nitrogens with one attached hydrogen (secondary N) is 2. The Balaban J connectivity index is 1.76. The Morgan fingerprint density at radius 3 is 2.59 bits per heavy atom. The van der Waals surface area contributed by atoms with Crippen LogP contribution in [-0.4, -0.2) is 14.3 Å². The third kappa shape index (κ3) is 3.40. The quantitative estimate of drug-likeness (QED) is 0.901. The third-order valence-electron chi connectivity index (χ3n) is 3.27. The Morgan fingerprint density at radius 1 is 1.14 bits per heavy atom. The first-order valence-electron chi connectivity index (χ1n) is 6.59. The van der Waals surface area contributed by atoms with Gasteiger partial charge in [0.15, 0.2) is 0 Å². The monoisotopic (exact) mass is 336 g/mol. The van der Waals surface area contributed by atoms with Crippen LogP contribution in [0.5, 0.6) is 0 Å². The van der Waals surface area contributed by atoms with Gasteiger partial charge in [-0.3, -0.25) is 9.52 Å². The first-order chi connectivity index (χ1) is 10.4. The highest BCUT2D eigenvalue weighted by molar-refractivity contribution is 7.91. The van der Waals surface area contributed by atoms with E-state index in [1.54, 1.807) is 42.5 Å². The van der Waals surface area contributed by atoms with Gasteiger partial charge in [-0.2, -0.15) is 0 Å². The van der Waals surface area contributed by atoms with E-state index in [1.807, 2.05) is 0 Å². The van der Waals surface area contributed by atoms with Crippen molar-refractivity contribution < 1.29 is 13.2 Å². The molecule has 1 heterocycles. The molecular weight excluding hydrogens is 324 g/mol. The van der Waals surface area contributed by atoms with Gasteiger partial charge < -0.3 is 5.32 Å². The lowest BCUT2D eigenvalue weighted by Gasteiger charge is -2.09. The highest BCUT2D eigenvalue weighted by Crippen LogP contribution is 2.26. The lowest BCUT2D eigenvalue weighted by Crippen LogP contribution is -2.15. The molecule has 0 saturated heterocycles. The molecule has 3 rings (SSSR count). The highest BCUT2D eigenvalue weighted by atomic mass is 35.5. The van der Waals surface area contributed by atoms with Crippen molar-refractivity contribution in [1.82, 2.24) is 0 Å². The summed E-state index contributed by atoms with van der Waals surface area (Å²) in [6.07, 6.45) is 0.266. The number of rotatable bonds is 4. The second-order valence-electron chi connectivity index (χ2n) is 5.08. The first-order valence-corrected chi connectivity index (χ1v) is 8.62. The van der Waals surface area contributed by atoms with Crippen molar-refractivity contribution in [2.75, 3.05) is 10.0 Å². The van der Waals surface area contributed by atoms with E-state index < -0.39 is 10.0 Å². The van der Waals surface area contributed by atoms with Gasteiger partial charge in [-0.05, 0) is 41.5 Å². The minimum atomic E-state index is -3.53.